The number of benzene rings is 2. The normalized spacial score (nSPS) is 12.9. The second kappa shape index (κ2) is 13.5. The molecule has 8 heteroatoms. The summed E-state index contributed by atoms with van der Waals surface area (Å²) in [6.45, 7) is 1.00. The quantitative estimate of drug-likeness (QED) is 0.350. The Hall–Kier alpha value is -3.39. The van der Waals surface area contributed by atoms with E-state index in [-0.39, 0.29) is 24.8 Å². The molecule has 2 aromatic rings. The molecule has 0 saturated carbocycles. The predicted molar refractivity (Wildman–Crippen MR) is 132 cm³/mol. The number of carboxylic acid groups (broad SMARTS) is 1. The third-order valence-electron chi connectivity index (χ3n) is 6.21. The van der Waals surface area contributed by atoms with E-state index in [1.54, 1.807) is 0 Å². The Kier molecular flexibility index (Phi) is 10.1. The van der Waals surface area contributed by atoms with Crippen molar-refractivity contribution in [3.63, 3.8) is 0 Å². The van der Waals surface area contributed by atoms with Gasteiger partial charge < -0.3 is 25.2 Å². The molecule has 0 spiro atoms. The minimum Gasteiger partial charge on any atom is -0.481 e. The molecular formula is C27H34N2O6. The van der Waals surface area contributed by atoms with E-state index in [1.807, 2.05) is 24.3 Å². The lowest BCUT2D eigenvalue weighted by molar-refractivity contribution is -0.140. The number of rotatable bonds is 14. The summed E-state index contributed by atoms with van der Waals surface area (Å²) in [7, 11) is 1.43. The summed E-state index contributed by atoms with van der Waals surface area (Å²) < 4.78 is 10.6. The maximum Gasteiger partial charge on any atom is 0.407 e. The smallest absolute Gasteiger partial charge is 0.407 e. The van der Waals surface area contributed by atoms with Crippen molar-refractivity contribution in [2.45, 2.75) is 50.5 Å². The number of unbranched alkanes of at least 4 members (excludes halogenated alkanes) is 3. The van der Waals surface area contributed by atoms with Crippen LogP contribution in [0.15, 0.2) is 48.5 Å². The van der Waals surface area contributed by atoms with Crippen molar-refractivity contribution in [1.29, 1.82) is 0 Å². The van der Waals surface area contributed by atoms with Crippen molar-refractivity contribution in [3.05, 3.63) is 59.7 Å². The van der Waals surface area contributed by atoms with Gasteiger partial charge in [0.1, 0.15) is 6.61 Å². The molecule has 0 fully saturated rings. The minimum absolute atomic E-state index is 0.0441. The molecular weight excluding hydrogens is 448 g/mol. The summed E-state index contributed by atoms with van der Waals surface area (Å²) in [6, 6.07) is 16.5. The Morgan fingerprint density at radius 1 is 0.914 bits per heavy atom. The van der Waals surface area contributed by atoms with Crippen LogP contribution in [-0.4, -0.2) is 56.0 Å². The van der Waals surface area contributed by atoms with Crippen LogP contribution in [0.3, 0.4) is 0 Å². The number of amides is 2. The zero-order valence-corrected chi connectivity index (χ0v) is 20.1. The van der Waals surface area contributed by atoms with Crippen molar-refractivity contribution < 1.29 is 29.0 Å². The molecule has 1 unspecified atom stereocenters. The lowest BCUT2D eigenvalue weighted by Crippen LogP contribution is -2.34. The maximum atomic E-state index is 12.2. The number of methoxy groups -OCH3 is 1. The molecule has 0 radical (unpaired) electrons. The fourth-order valence-electron chi connectivity index (χ4n) is 4.35. The molecule has 3 rings (SSSR count). The van der Waals surface area contributed by atoms with E-state index in [0.29, 0.717) is 19.6 Å². The van der Waals surface area contributed by atoms with Crippen molar-refractivity contribution in [2.75, 3.05) is 26.8 Å². The highest BCUT2D eigenvalue weighted by atomic mass is 16.5. The van der Waals surface area contributed by atoms with Crippen LogP contribution in [0.5, 0.6) is 0 Å². The third kappa shape index (κ3) is 7.82. The van der Waals surface area contributed by atoms with Gasteiger partial charge in [-0.2, -0.15) is 0 Å². The number of carbonyl (C=O) groups is 3. The fourth-order valence-corrected chi connectivity index (χ4v) is 4.35. The van der Waals surface area contributed by atoms with Gasteiger partial charge in [-0.05, 0) is 35.1 Å². The van der Waals surface area contributed by atoms with Gasteiger partial charge in [-0.15, -0.1) is 0 Å². The minimum atomic E-state index is -0.960. The zero-order valence-electron chi connectivity index (χ0n) is 20.1. The SMILES string of the molecule is COC(CNC(=O)CCCCCCNC(=O)OCC1c2ccccc2-c2ccccc21)CC(=O)O. The van der Waals surface area contributed by atoms with Gasteiger partial charge in [0, 0.05) is 32.5 Å². The van der Waals surface area contributed by atoms with E-state index < -0.39 is 18.2 Å². The van der Waals surface area contributed by atoms with Crippen molar-refractivity contribution in [3.8, 4) is 11.1 Å². The lowest BCUT2D eigenvalue weighted by atomic mass is 9.98. The molecule has 0 aliphatic heterocycles. The lowest BCUT2D eigenvalue weighted by Gasteiger charge is -2.14. The van der Waals surface area contributed by atoms with Crippen LogP contribution in [0, 0.1) is 0 Å². The first-order valence-electron chi connectivity index (χ1n) is 12.1. The molecule has 8 nitrogen and oxygen atoms in total. The molecule has 35 heavy (non-hydrogen) atoms. The summed E-state index contributed by atoms with van der Waals surface area (Å²) in [6.07, 6.45) is 2.57. The van der Waals surface area contributed by atoms with E-state index >= 15 is 0 Å². The molecule has 0 saturated heterocycles. The first-order valence-corrected chi connectivity index (χ1v) is 12.1. The summed E-state index contributed by atoms with van der Waals surface area (Å²) >= 11 is 0. The van der Waals surface area contributed by atoms with Gasteiger partial charge in [-0.1, -0.05) is 61.4 Å². The van der Waals surface area contributed by atoms with Crippen molar-refractivity contribution >= 4 is 18.0 Å². The Bertz CT molecular complexity index is 963. The summed E-state index contributed by atoms with van der Waals surface area (Å²) in [4.78, 5) is 34.8. The topological polar surface area (TPSA) is 114 Å². The van der Waals surface area contributed by atoms with Gasteiger partial charge in [0.2, 0.25) is 5.91 Å². The first-order chi connectivity index (χ1) is 17.0. The molecule has 2 aromatic carbocycles. The first kappa shape index (κ1) is 26.2. The standard InChI is InChI=1S/C27H34N2O6/c1-34-19(16-26(31)32)17-29-25(30)14-4-2-3-9-15-28-27(33)35-18-24-22-12-7-5-10-20(22)21-11-6-8-13-23(21)24/h5-8,10-13,19,24H,2-4,9,14-18H2,1H3,(H,28,33)(H,29,30)(H,31,32). The monoisotopic (exact) mass is 482 g/mol. The van der Waals surface area contributed by atoms with E-state index in [1.165, 1.54) is 29.4 Å². The van der Waals surface area contributed by atoms with Crippen LogP contribution < -0.4 is 10.6 Å². The van der Waals surface area contributed by atoms with Crippen LogP contribution in [0.1, 0.15) is 55.6 Å². The zero-order chi connectivity index (χ0) is 25.0. The van der Waals surface area contributed by atoms with Gasteiger partial charge in [0.05, 0.1) is 12.5 Å². The number of hydrogen-bond acceptors (Lipinski definition) is 5. The van der Waals surface area contributed by atoms with Gasteiger partial charge in [0.15, 0.2) is 0 Å². The van der Waals surface area contributed by atoms with E-state index in [4.69, 9.17) is 14.6 Å². The molecule has 1 aliphatic rings. The number of alkyl carbamates (subject to hydrolysis) is 1. The van der Waals surface area contributed by atoms with E-state index in [9.17, 15) is 14.4 Å². The van der Waals surface area contributed by atoms with Crippen LogP contribution >= 0.6 is 0 Å². The second-order valence-corrected chi connectivity index (χ2v) is 8.68. The number of fused-ring (bicyclic) bond motifs is 3. The second-order valence-electron chi connectivity index (χ2n) is 8.68. The number of carboxylic acids is 1. The summed E-state index contributed by atoms with van der Waals surface area (Å²) in [5, 5.41) is 14.3. The Morgan fingerprint density at radius 3 is 2.17 bits per heavy atom. The highest BCUT2D eigenvalue weighted by molar-refractivity contribution is 5.79. The third-order valence-corrected chi connectivity index (χ3v) is 6.21. The highest BCUT2D eigenvalue weighted by Crippen LogP contribution is 2.44. The Balaban J connectivity index is 1.26. The van der Waals surface area contributed by atoms with Crippen LogP contribution in [-0.2, 0) is 19.1 Å². The van der Waals surface area contributed by atoms with Gasteiger partial charge in [0.25, 0.3) is 0 Å². The van der Waals surface area contributed by atoms with Crippen LogP contribution in [0.4, 0.5) is 4.79 Å². The number of aliphatic carboxylic acids is 1. The Morgan fingerprint density at radius 2 is 1.54 bits per heavy atom. The van der Waals surface area contributed by atoms with Crippen molar-refractivity contribution in [2.24, 2.45) is 0 Å². The maximum absolute atomic E-state index is 12.2. The largest absolute Gasteiger partial charge is 0.481 e. The Labute approximate surface area is 206 Å². The van der Waals surface area contributed by atoms with Gasteiger partial charge >= 0.3 is 12.1 Å². The molecule has 1 aliphatic carbocycles. The number of ether oxygens (including phenoxy) is 2. The molecule has 2 amide bonds. The number of nitrogens with one attached hydrogen (secondary N) is 2. The average Bonchev–Trinajstić information content (AvgIpc) is 3.18. The van der Waals surface area contributed by atoms with Gasteiger partial charge in [-0.3, -0.25) is 9.59 Å². The van der Waals surface area contributed by atoms with Crippen molar-refractivity contribution in [1.82, 2.24) is 10.6 Å². The molecule has 1 atom stereocenters. The number of hydrogen-bond donors (Lipinski definition) is 3. The average molecular weight is 483 g/mol. The van der Waals surface area contributed by atoms with Crippen LogP contribution in [0.25, 0.3) is 11.1 Å². The molecule has 0 bridgehead atoms. The summed E-state index contributed by atoms with van der Waals surface area (Å²) in [5.41, 5.74) is 4.77. The van der Waals surface area contributed by atoms with E-state index in [0.717, 1.165) is 25.7 Å². The van der Waals surface area contributed by atoms with Crippen LogP contribution in [0.2, 0.25) is 0 Å². The molecule has 0 heterocycles. The molecule has 188 valence electrons. The number of carbonyl (C=O) groups excluding carboxylic acids is 2. The molecule has 0 aromatic heterocycles. The molecule has 3 N–H and O–H groups in total. The summed E-state index contributed by atoms with van der Waals surface area (Å²) in [5.74, 6) is -1.03. The predicted octanol–water partition coefficient (Wildman–Crippen LogP) is 4.08. The van der Waals surface area contributed by atoms with Gasteiger partial charge in [-0.25, -0.2) is 4.79 Å². The fraction of sp³-hybridized carbons (Fsp3) is 0.444. The highest BCUT2D eigenvalue weighted by Gasteiger charge is 2.28. The van der Waals surface area contributed by atoms with E-state index in [2.05, 4.69) is 34.9 Å².